The monoisotopic (exact) mass is 639 g/mol. The van der Waals surface area contributed by atoms with Crippen LogP contribution < -0.4 is 15.8 Å². The van der Waals surface area contributed by atoms with E-state index in [4.69, 9.17) is 14.6 Å². The first-order valence-electron chi connectivity index (χ1n) is 14.1. The molecule has 0 aromatic carbocycles. The maximum Gasteiger partial charge on any atom is 0.390 e. The molecule has 2 fully saturated rings. The van der Waals surface area contributed by atoms with E-state index in [9.17, 15) is 39.6 Å². The first-order chi connectivity index (χ1) is 21.2. The number of nitrogens with two attached hydrogens (primary N) is 1. The highest BCUT2D eigenvalue weighted by molar-refractivity contribution is 7.89. The zero-order valence-electron chi connectivity index (χ0n) is 25.0. The molecule has 3 N–H and O–H groups in total. The topological polar surface area (TPSA) is 148 Å². The lowest BCUT2D eigenvalue weighted by Gasteiger charge is -2.38. The number of hydrogen-bond donors (Lipinski definition) is 2. The van der Waals surface area contributed by atoms with Gasteiger partial charge in [0.1, 0.15) is 23.6 Å². The number of amides is 1. The van der Waals surface area contributed by atoms with Crippen LogP contribution in [0.25, 0.3) is 16.8 Å². The average Bonchev–Trinajstić information content (AvgIpc) is 3.47. The van der Waals surface area contributed by atoms with E-state index in [2.05, 4.69) is 20.4 Å². The number of nitrogens with one attached hydrogen (secondary N) is 1. The summed E-state index contributed by atoms with van der Waals surface area (Å²) in [6.07, 6.45) is -6.16. The van der Waals surface area contributed by atoms with Crippen LogP contribution in [-0.2, 0) is 16.6 Å². The van der Waals surface area contributed by atoms with Crippen molar-refractivity contribution in [1.82, 2.24) is 34.1 Å². The molecule has 12 nitrogen and oxygen atoms in total. The molecule has 3 aromatic rings. The Kier molecular flexibility index (Phi) is 6.93. The van der Waals surface area contributed by atoms with Gasteiger partial charge in [-0.05, 0) is 17.7 Å². The van der Waals surface area contributed by atoms with E-state index >= 15 is 0 Å². The number of likely N-dealkylation sites (tertiary alicyclic amines) is 1. The zero-order valence-corrected chi connectivity index (χ0v) is 22.8. The van der Waals surface area contributed by atoms with Crippen LogP contribution in [0.1, 0.15) is 26.5 Å². The zero-order chi connectivity index (χ0) is 33.8. The second-order valence-corrected chi connectivity index (χ2v) is 12.3. The number of alkyl halides is 6. The van der Waals surface area contributed by atoms with Gasteiger partial charge < -0.3 is 15.8 Å². The smallest absolute Gasteiger partial charge is 0.390 e. The number of aromatic nitrogens is 4. The highest BCUT2D eigenvalue weighted by Crippen LogP contribution is 2.34. The number of hydrogen-bond acceptors (Lipinski definition) is 9. The number of pyridine rings is 1. The Balaban J connectivity index is 1.45. The number of carbonyl (C=O) groups is 1. The highest BCUT2D eigenvalue weighted by Gasteiger charge is 2.44. The van der Waals surface area contributed by atoms with Gasteiger partial charge in [0.05, 0.1) is 48.1 Å². The van der Waals surface area contributed by atoms with E-state index in [1.54, 1.807) is 0 Å². The lowest BCUT2D eigenvalue weighted by atomic mass is 10.1. The van der Waals surface area contributed by atoms with Crippen molar-refractivity contribution in [3.05, 3.63) is 35.8 Å². The van der Waals surface area contributed by atoms with Crippen LogP contribution in [0, 0.1) is 0 Å². The molecular formula is C24H26F6N8O4S. The lowest BCUT2D eigenvalue weighted by molar-refractivity contribution is -0.133. The largest absolute Gasteiger partial charge is 0.480 e. The predicted octanol–water partition coefficient (Wildman–Crippen LogP) is 1.87. The van der Waals surface area contributed by atoms with Crippen LogP contribution in [0.5, 0.6) is 5.88 Å². The van der Waals surface area contributed by atoms with E-state index in [0.29, 0.717) is 9.87 Å². The van der Waals surface area contributed by atoms with E-state index < -0.39 is 97.1 Å². The van der Waals surface area contributed by atoms with Gasteiger partial charge in [-0.2, -0.15) is 22.6 Å². The average molecular weight is 640 g/mol. The van der Waals surface area contributed by atoms with Crippen molar-refractivity contribution in [2.24, 2.45) is 0 Å². The van der Waals surface area contributed by atoms with Gasteiger partial charge in [-0.25, -0.2) is 36.1 Å². The minimum absolute atomic E-state index is 0.0155. The molecule has 19 heteroatoms. The number of methoxy groups -OCH3 is 1. The Labute approximate surface area is 245 Å². The van der Waals surface area contributed by atoms with Gasteiger partial charge >= 0.3 is 6.18 Å². The minimum atomic E-state index is -4.76. The molecule has 2 saturated heterocycles. The first kappa shape index (κ1) is 26.9. The molecule has 0 aliphatic carbocycles. The van der Waals surface area contributed by atoms with Crippen molar-refractivity contribution in [3.8, 4) is 17.1 Å². The molecule has 0 unspecified atom stereocenters. The standard InChI is InChI=1S/C24H26F6N8O4S/c1-42-22-15(21(39)35-17-9-37(8-16(17)25)43(40,41)3-2-24(28,29)30)4-13(6-32-22)18-5-14(7-36-10-23(26,27)11-36)19-20(31)33-12-34-38(18)19/h4-6,12,16-17H,2-3,7-11H2,1H3,(H,35,39)(H2,31,33,34)/t16-,17+/m0/s1/i1D3. The van der Waals surface area contributed by atoms with Crippen LogP contribution >= 0.6 is 0 Å². The number of carbonyl (C=O) groups excluding carboxylic acids is 1. The summed E-state index contributed by atoms with van der Waals surface area (Å²) in [6.45, 7) is -2.44. The van der Waals surface area contributed by atoms with E-state index in [1.807, 2.05) is 0 Å². The van der Waals surface area contributed by atoms with Crippen LogP contribution in [0.3, 0.4) is 0 Å². The number of halogens is 6. The molecule has 43 heavy (non-hydrogen) atoms. The molecule has 0 saturated carbocycles. The quantitative estimate of drug-likeness (QED) is 0.335. The van der Waals surface area contributed by atoms with Gasteiger partial charge in [-0.1, -0.05) is 0 Å². The Morgan fingerprint density at radius 2 is 2.00 bits per heavy atom. The van der Waals surface area contributed by atoms with Gasteiger partial charge in [-0.15, -0.1) is 0 Å². The van der Waals surface area contributed by atoms with Crippen molar-refractivity contribution < 1.29 is 48.4 Å². The Morgan fingerprint density at radius 3 is 2.67 bits per heavy atom. The summed E-state index contributed by atoms with van der Waals surface area (Å²) in [5.74, 6) is -5.96. The Bertz CT molecular complexity index is 1750. The van der Waals surface area contributed by atoms with Gasteiger partial charge in [0, 0.05) is 31.4 Å². The summed E-state index contributed by atoms with van der Waals surface area (Å²) in [5.41, 5.74) is 6.64. The number of ether oxygens (including phenoxy) is 1. The molecule has 2 aliphatic rings. The van der Waals surface area contributed by atoms with E-state index in [-0.39, 0.29) is 29.1 Å². The fourth-order valence-electron chi connectivity index (χ4n) is 4.98. The third kappa shape index (κ3) is 6.47. The number of nitrogen functional groups attached to an aromatic ring is 1. The maximum atomic E-state index is 14.9. The molecule has 0 radical (unpaired) electrons. The molecule has 0 bridgehead atoms. The van der Waals surface area contributed by atoms with Crippen molar-refractivity contribution in [2.45, 2.75) is 37.3 Å². The van der Waals surface area contributed by atoms with Gasteiger partial charge in [0.2, 0.25) is 15.9 Å². The van der Waals surface area contributed by atoms with Crippen molar-refractivity contribution in [2.75, 3.05) is 44.7 Å². The van der Waals surface area contributed by atoms with Gasteiger partial charge in [0.25, 0.3) is 11.8 Å². The SMILES string of the molecule is [2H]C([2H])([2H])Oc1ncc(-c2cc(CN3CC(F)(F)C3)c3c(N)ncnn23)cc1C(=O)N[C@@H]1CN(S(=O)(=O)CCC(F)(F)F)C[C@@H]1F. The summed E-state index contributed by atoms with van der Waals surface area (Å²) < 4.78 is 133. The third-order valence-corrected chi connectivity index (χ3v) is 8.83. The molecule has 1 amide bonds. The molecule has 5 rings (SSSR count). The number of anilines is 1. The van der Waals surface area contributed by atoms with E-state index in [0.717, 1.165) is 18.6 Å². The van der Waals surface area contributed by atoms with Crippen LogP contribution in [-0.4, -0.2) is 106 Å². The molecular weight excluding hydrogens is 610 g/mol. The first-order valence-corrected chi connectivity index (χ1v) is 14.2. The van der Waals surface area contributed by atoms with Crippen LogP contribution in [0.2, 0.25) is 0 Å². The van der Waals surface area contributed by atoms with Crippen LogP contribution in [0.15, 0.2) is 24.7 Å². The summed E-state index contributed by atoms with van der Waals surface area (Å²) in [5, 5.41) is 6.41. The second kappa shape index (κ2) is 11.1. The van der Waals surface area contributed by atoms with Crippen molar-refractivity contribution in [1.29, 1.82) is 0 Å². The maximum absolute atomic E-state index is 14.9. The molecule has 5 heterocycles. The predicted molar refractivity (Wildman–Crippen MR) is 140 cm³/mol. The lowest BCUT2D eigenvalue weighted by Crippen LogP contribution is -2.55. The number of sulfonamides is 1. The molecule has 2 atom stereocenters. The Hall–Kier alpha value is -3.71. The number of nitrogens with zero attached hydrogens (tertiary/aromatic N) is 6. The third-order valence-electron chi connectivity index (χ3n) is 7.02. The fraction of sp³-hybridized carbons (Fsp3) is 0.500. The summed E-state index contributed by atoms with van der Waals surface area (Å²) >= 11 is 0. The number of rotatable bonds is 9. The van der Waals surface area contributed by atoms with Gasteiger partial charge in [-0.3, -0.25) is 9.69 Å². The van der Waals surface area contributed by atoms with Gasteiger partial charge in [0.15, 0.2) is 5.82 Å². The molecule has 3 aromatic heterocycles. The number of fused-ring (bicyclic) bond motifs is 1. The van der Waals surface area contributed by atoms with E-state index in [1.165, 1.54) is 15.5 Å². The highest BCUT2D eigenvalue weighted by atomic mass is 32.2. The molecule has 2 aliphatic heterocycles. The fourth-order valence-corrected chi connectivity index (χ4v) is 6.49. The summed E-state index contributed by atoms with van der Waals surface area (Å²) in [4.78, 5) is 22.8. The second-order valence-electron chi connectivity index (χ2n) is 10.2. The minimum Gasteiger partial charge on any atom is -0.480 e. The summed E-state index contributed by atoms with van der Waals surface area (Å²) in [6, 6.07) is 1.17. The molecule has 0 spiro atoms. The Morgan fingerprint density at radius 1 is 1.26 bits per heavy atom. The van der Waals surface area contributed by atoms with Crippen molar-refractivity contribution >= 4 is 27.3 Å². The van der Waals surface area contributed by atoms with Crippen molar-refractivity contribution in [3.63, 3.8) is 0 Å². The van der Waals surface area contributed by atoms with Crippen LogP contribution in [0.4, 0.5) is 32.2 Å². The normalized spacial score (nSPS) is 22.5. The summed E-state index contributed by atoms with van der Waals surface area (Å²) in [7, 11) is -7.61. The molecule has 234 valence electrons.